The Morgan fingerprint density at radius 3 is 2.86 bits per heavy atom. The molecule has 0 saturated carbocycles. The smallest absolute Gasteiger partial charge is 0.251 e. The number of rotatable bonds is 4. The molecule has 1 aromatic rings. The largest absolute Gasteiger partial charge is 0.350 e. The minimum Gasteiger partial charge on any atom is -0.350 e. The van der Waals surface area contributed by atoms with Crippen molar-refractivity contribution in [2.45, 2.75) is 19.0 Å². The van der Waals surface area contributed by atoms with Crippen LogP contribution >= 0.6 is 11.6 Å². The van der Waals surface area contributed by atoms with Gasteiger partial charge in [0, 0.05) is 30.5 Å². The fourth-order valence-corrected chi connectivity index (χ4v) is 2.67. The zero-order valence-electron chi connectivity index (χ0n) is 12.0. The zero-order valence-corrected chi connectivity index (χ0v) is 12.7. The van der Waals surface area contributed by atoms with Crippen molar-refractivity contribution in [2.75, 3.05) is 13.1 Å². The Balaban J connectivity index is 1.52. The van der Waals surface area contributed by atoms with Crippen LogP contribution in [-0.4, -0.2) is 40.9 Å². The van der Waals surface area contributed by atoms with Gasteiger partial charge in [0.2, 0.25) is 5.91 Å². The Hall–Kier alpha value is -2.05. The predicted octanol–water partition coefficient (Wildman–Crippen LogP) is 0.849. The lowest BCUT2D eigenvalue weighted by atomic mass is 10.2. The van der Waals surface area contributed by atoms with Crippen LogP contribution in [0.2, 0.25) is 5.02 Å². The first-order valence-electron chi connectivity index (χ1n) is 7.15. The Morgan fingerprint density at radius 1 is 1.32 bits per heavy atom. The highest BCUT2D eigenvalue weighted by molar-refractivity contribution is 6.30. The third-order valence-electron chi connectivity index (χ3n) is 3.74. The summed E-state index contributed by atoms with van der Waals surface area (Å²) in [4.78, 5) is 25.7. The van der Waals surface area contributed by atoms with E-state index in [1.807, 2.05) is 12.1 Å². The van der Waals surface area contributed by atoms with Gasteiger partial charge in [-0.25, -0.2) is 5.43 Å². The van der Waals surface area contributed by atoms with Crippen molar-refractivity contribution >= 4 is 23.4 Å². The Labute approximate surface area is 133 Å². The summed E-state index contributed by atoms with van der Waals surface area (Å²) in [6, 6.07) is 7.07. The number of hydrogen-bond donors (Lipinski definition) is 2. The van der Waals surface area contributed by atoms with E-state index < -0.39 is 0 Å². The number of nitrogens with one attached hydrogen (secondary N) is 2. The standard InChI is InChI=1S/C15H17ClN4O2/c16-12-3-1-11(2-4-12)9-17-14(21)10-19-7-8-20-13(15(19)22)5-6-18-20/h1-4,7-8,13,18H,5-6,9-10H2,(H,17,21). The fraction of sp³-hybridized carbons (Fsp3) is 0.333. The minimum atomic E-state index is -0.200. The molecule has 1 fully saturated rings. The van der Waals surface area contributed by atoms with E-state index >= 15 is 0 Å². The van der Waals surface area contributed by atoms with Crippen molar-refractivity contribution < 1.29 is 9.59 Å². The van der Waals surface area contributed by atoms with Crippen molar-refractivity contribution in [1.29, 1.82) is 0 Å². The van der Waals surface area contributed by atoms with Gasteiger partial charge in [0.1, 0.15) is 12.6 Å². The summed E-state index contributed by atoms with van der Waals surface area (Å²) in [7, 11) is 0. The second-order valence-electron chi connectivity index (χ2n) is 5.29. The number of amides is 2. The average molecular weight is 321 g/mol. The molecule has 0 bridgehead atoms. The molecule has 1 unspecified atom stereocenters. The molecule has 2 aliphatic heterocycles. The number of carbonyl (C=O) groups excluding carboxylic acids is 2. The number of hydrazine groups is 1. The molecule has 2 aliphatic rings. The Bertz CT molecular complexity index is 602. The third-order valence-corrected chi connectivity index (χ3v) is 3.99. The van der Waals surface area contributed by atoms with E-state index in [1.54, 1.807) is 29.5 Å². The molecule has 2 N–H and O–H groups in total. The van der Waals surface area contributed by atoms with Crippen LogP contribution in [0, 0.1) is 0 Å². The monoisotopic (exact) mass is 320 g/mol. The summed E-state index contributed by atoms with van der Waals surface area (Å²) in [6.07, 6.45) is 4.19. The van der Waals surface area contributed by atoms with Gasteiger partial charge in [-0.05, 0) is 24.1 Å². The molecule has 22 heavy (non-hydrogen) atoms. The van der Waals surface area contributed by atoms with Gasteiger partial charge in [-0.2, -0.15) is 0 Å². The second-order valence-corrected chi connectivity index (χ2v) is 5.72. The number of nitrogens with zero attached hydrogens (tertiary/aromatic N) is 2. The lowest BCUT2D eigenvalue weighted by Crippen LogP contribution is -2.50. The van der Waals surface area contributed by atoms with Crippen LogP contribution in [0.1, 0.15) is 12.0 Å². The molecule has 2 amide bonds. The number of carbonyl (C=O) groups is 2. The maximum atomic E-state index is 12.3. The van der Waals surface area contributed by atoms with Crippen LogP contribution < -0.4 is 10.7 Å². The van der Waals surface area contributed by atoms with Gasteiger partial charge >= 0.3 is 0 Å². The second kappa shape index (κ2) is 6.37. The van der Waals surface area contributed by atoms with Crippen LogP contribution in [0.25, 0.3) is 0 Å². The van der Waals surface area contributed by atoms with Crippen LogP contribution in [0.5, 0.6) is 0 Å². The quantitative estimate of drug-likeness (QED) is 0.863. The fourth-order valence-electron chi connectivity index (χ4n) is 2.54. The molecular weight excluding hydrogens is 304 g/mol. The number of fused-ring (bicyclic) bond motifs is 1. The molecular formula is C15H17ClN4O2. The van der Waals surface area contributed by atoms with Crippen molar-refractivity contribution in [3.8, 4) is 0 Å². The van der Waals surface area contributed by atoms with Crippen LogP contribution in [0.15, 0.2) is 36.7 Å². The number of benzene rings is 1. The van der Waals surface area contributed by atoms with Crippen molar-refractivity contribution in [3.05, 3.63) is 47.3 Å². The molecule has 0 aromatic heterocycles. The highest BCUT2D eigenvalue weighted by Crippen LogP contribution is 2.17. The first-order chi connectivity index (χ1) is 10.6. The van der Waals surface area contributed by atoms with Crippen LogP contribution in [0.3, 0.4) is 0 Å². The molecule has 2 heterocycles. The lowest BCUT2D eigenvalue weighted by molar-refractivity contribution is -0.138. The van der Waals surface area contributed by atoms with Gasteiger partial charge in [0.25, 0.3) is 5.91 Å². The SMILES string of the molecule is O=C(CN1C=CN2NCCC2C1=O)NCc1ccc(Cl)cc1. The molecule has 7 heteroatoms. The topological polar surface area (TPSA) is 64.7 Å². The van der Waals surface area contributed by atoms with Crippen molar-refractivity contribution in [3.63, 3.8) is 0 Å². The highest BCUT2D eigenvalue weighted by Gasteiger charge is 2.35. The molecule has 6 nitrogen and oxygen atoms in total. The summed E-state index contributed by atoms with van der Waals surface area (Å²) in [6.45, 7) is 1.23. The first kappa shape index (κ1) is 14.9. The number of hydrogen-bond acceptors (Lipinski definition) is 4. The predicted molar refractivity (Wildman–Crippen MR) is 82.4 cm³/mol. The molecule has 0 spiro atoms. The van der Waals surface area contributed by atoms with Crippen LogP contribution in [0.4, 0.5) is 0 Å². The maximum Gasteiger partial charge on any atom is 0.251 e. The van der Waals surface area contributed by atoms with Crippen molar-refractivity contribution in [1.82, 2.24) is 20.7 Å². The van der Waals surface area contributed by atoms with Crippen LogP contribution in [-0.2, 0) is 16.1 Å². The molecule has 1 saturated heterocycles. The first-order valence-corrected chi connectivity index (χ1v) is 7.53. The molecule has 1 atom stereocenters. The third kappa shape index (κ3) is 3.23. The summed E-state index contributed by atoms with van der Waals surface area (Å²) in [5.74, 6) is -0.235. The van der Waals surface area contributed by atoms with E-state index in [1.165, 1.54) is 4.90 Å². The summed E-state index contributed by atoms with van der Waals surface area (Å²) < 4.78 is 0. The van der Waals surface area contributed by atoms with Gasteiger partial charge < -0.3 is 15.2 Å². The van der Waals surface area contributed by atoms with E-state index in [0.717, 1.165) is 18.5 Å². The minimum absolute atomic E-state index is 0.0350. The van der Waals surface area contributed by atoms with Gasteiger partial charge in [0.15, 0.2) is 0 Å². The summed E-state index contributed by atoms with van der Waals surface area (Å²) in [5, 5.41) is 5.26. The normalized spacial score (nSPS) is 20.2. The molecule has 3 rings (SSSR count). The summed E-state index contributed by atoms with van der Waals surface area (Å²) >= 11 is 5.82. The highest BCUT2D eigenvalue weighted by atomic mass is 35.5. The maximum absolute atomic E-state index is 12.3. The van der Waals surface area contributed by atoms with E-state index in [0.29, 0.717) is 11.6 Å². The van der Waals surface area contributed by atoms with E-state index in [9.17, 15) is 9.59 Å². The van der Waals surface area contributed by atoms with E-state index in [2.05, 4.69) is 10.7 Å². The van der Waals surface area contributed by atoms with E-state index in [4.69, 9.17) is 11.6 Å². The van der Waals surface area contributed by atoms with Gasteiger partial charge in [-0.1, -0.05) is 23.7 Å². The Kier molecular flexibility index (Phi) is 4.31. The molecule has 116 valence electrons. The average Bonchev–Trinajstić information content (AvgIpc) is 2.99. The zero-order chi connectivity index (χ0) is 15.5. The molecule has 0 radical (unpaired) electrons. The molecule has 0 aliphatic carbocycles. The molecule has 1 aromatic carbocycles. The van der Waals surface area contributed by atoms with Gasteiger partial charge in [-0.3, -0.25) is 9.59 Å². The lowest BCUT2D eigenvalue weighted by Gasteiger charge is -2.31. The van der Waals surface area contributed by atoms with Gasteiger partial charge in [-0.15, -0.1) is 0 Å². The van der Waals surface area contributed by atoms with E-state index in [-0.39, 0.29) is 24.4 Å². The Morgan fingerprint density at radius 2 is 2.09 bits per heavy atom. The number of halogens is 1. The van der Waals surface area contributed by atoms with Gasteiger partial charge in [0.05, 0.1) is 0 Å². The van der Waals surface area contributed by atoms with Crippen molar-refractivity contribution in [2.24, 2.45) is 0 Å². The summed E-state index contributed by atoms with van der Waals surface area (Å²) in [5.41, 5.74) is 4.06.